The highest BCUT2D eigenvalue weighted by Gasteiger charge is 1.91. The lowest BCUT2D eigenvalue weighted by Gasteiger charge is -2.08. The van der Waals surface area contributed by atoms with Crippen molar-refractivity contribution >= 4 is 0 Å². The first-order chi connectivity index (χ1) is 4.63. The summed E-state index contributed by atoms with van der Waals surface area (Å²) in [6.45, 7) is 5.03. The van der Waals surface area contributed by atoms with Gasteiger partial charge in [0.25, 0.3) is 0 Å². The van der Waals surface area contributed by atoms with Crippen LogP contribution in [0.15, 0.2) is 12.3 Å². The molecule has 0 saturated carbocycles. The third-order valence-electron chi connectivity index (χ3n) is 0.952. The van der Waals surface area contributed by atoms with E-state index in [9.17, 15) is 0 Å². The van der Waals surface area contributed by atoms with E-state index in [0.29, 0.717) is 6.61 Å². The van der Waals surface area contributed by atoms with Crippen molar-refractivity contribution in [2.45, 2.75) is 0 Å². The van der Waals surface area contributed by atoms with Crippen LogP contribution >= 0.6 is 0 Å². The third kappa shape index (κ3) is 7.46. The molecule has 0 fully saturated rings. The van der Waals surface area contributed by atoms with Crippen LogP contribution < -0.4 is 0 Å². The molecule has 0 aromatic carbocycles. The molecule has 0 aromatic heterocycles. The van der Waals surface area contributed by atoms with Gasteiger partial charge >= 0.3 is 0 Å². The Bertz CT molecular complexity index is 102. The molecule has 0 aliphatic heterocycles. The minimum Gasteiger partial charge on any atom is -0.510 e. The third-order valence-corrected chi connectivity index (χ3v) is 0.952. The number of hydrogen-bond acceptors (Lipinski definition) is 3. The molecule has 0 bridgehead atoms. The number of aliphatic hydroxyl groups excluding tert-OH is 1. The number of rotatable bonds is 5. The summed E-state index contributed by atoms with van der Waals surface area (Å²) < 4.78 is 5.01. The van der Waals surface area contributed by atoms with E-state index in [0.717, 1.165) is 6.54 Å². The first-order valence-electron chi connectivity index (χ1n) is 3.22. The standard InChI is InChI=1S/C7H15NO2/c1-7(9)6-10-5-4-8(2)3/h9H,1,4-6H2,2-3H3. The van der Waals surface area contributed by atoms with Crippen molar-refractivity contribution in [1.82, 2.24) is 4.90 Å². The first-order valence-corrected chi connectivity index (χ1v) is 3.22. The van der Waals surface area contributed by atoms with Gasteiger partial charge in [0.1, 0.15) is 12.4 Å². The van der Waals surface area contributed by atoms with Crippen LogP contribution in [-0.4, -0.2) is 43.9 Å². The number of hydrogen-bond donors (Lipinski definition) is 1. The summed E-state index contributed by atoms with van der Waals surface area (Å²) in [5.41, 5.74) is 0. The van der Waals surface area contributed by atoms with Crippen molar-refractivity contribution in [2.24, 2.45) is 0 Å². The zero-order chi connectivity index (χ0) is 7.98. The Morgan fingerprint density at radius 1 is 1.60 bits per heavy atom. The molecule has 3 heteroatoms. The van der Waals surface area contributed by atoms with E-state index in [2.05, 4.69) is 6.58 Å². The second-order valence-electron chi connectivity index (χ2n) is 2.42. The van der Waals surface area contributed by atoms with Gasteiger partial charge in [0.2, 0.25) is 0 Å². The maximum Gasteiger partial charge on any atom is 0.111 e. The summed E-state index contributed by atoms with van der Waals surface area (Å²) in [6, 6.07) is 0. The van der Waals surface area contributed by atoms with Crippen molar-refractivity contribution in [3.05, 3.63) is 12.3 Å². The molecule has 3 nitrogen and oxygen atoms in total. The Morgan fingerprint density at radius 3 is 2.60 bits per heavy atom. The van der Waals surface area contributed by atoms with Gasteiger partial charge in [-0.05, 0) is 14.1 Å². The summed E-state index contributed by atoms with van der Waals surface area (Å²) in [5, 5.41) is 8.58. The monoisotopic (exact) mass is 145 g/mol. The first kappa shape index (κ1) is 9.46. The van der Waals surface area contributed by atoms with Gasteiger partial charge in [-0.15, -0.1) is 0 Å². The van der Waals surface area contributed by atoms with E-state index in [1.165, 1.54) is 0 Å². The Kier molecular flexibility index (Phi) is 4.98. The predicted octanol–water partition coefficient (Wildman–Crippen LogP) is 0.636. The average Bonchev–Trinajstić information content (AvgIpc) is 1.79. The molecule has 0 radical (unpaired) electrons. The molecular weight excluding hydrogens is 130 g/mol. The van der Waals surface area contributed by atoms with E-state index in [4.69, 9.17) is 9.84 Å². The molecule has 0 spiro atoms. The van der Waals surface area contributed by atoms with Crippen molar-refractivity contribution < 1.29 is 9.84 Å². The Labute approximate surface area is 61.9 Å². The van der Waals surface area contributed by atoms with Gasteiger partial charge in [-0.2, -0.15) is 0 Å². The molecule has 0 aliphatic rings. The normalized spacial score (nSPS) is 10.3. The van der Waals surface area contributed by atoms with Gasteiger partial charge in [-0.25, -0.2) is 0 Å². The minimum absolute atomic E-state index is 0.0822. The molecule has 60 valence electrons. The largest absolute Gasteiger partial charge is 0.510 e. The summed E-state index contributed by atoms with van der Waals surface area (Å²) in [5.74, 6) is 0.0822. The van der Waals surface area contributed by atoms with Gasteiger partial charge in [0.15, 0.2) is 0 Å². The van der Waals surface area contributed by atoms with Crippen LogP contribution in [0.4, 0.5) is 0 Å². The smallest absolute Gasteiger partial charge is 0.111 e. The highest BCUT2D eigenvalue weighted by Crippen LogP contribution is 1.84. The van der Waals surface area contributed by atoms with E-state index in [-0.39, 0.29) is 12.4 Å². The quantitative estimate of drug-likeness (QED) is 0.455. The molecule has 0 atom stereocenters. The molecule has 0 aliphatic carbocycles. The maximum atomic E-state index is 8.58. The van der Waals surface area contributed by atoms with Crippen LogP contribution in [0.25, 0.3) is 0 Å². The predicted molar refractivity (Wildman–Crippen MR) is 41.1 cm³/mol. The van der Waals surface area contributed by atoms with Crippen LogP contribution in [0.5, 0.6) is 0 Å². The fourth-order valence-corrected chi connectivity index (χ4v) is 0.437. The van der Waals surface area contributed by atoms with Crippen molar-refractivity contribution in [3.8, 4) is 0 Å². The van der Waals surface area contributed by atoms with Crippen LogP contribution in [0, 0.1) is 0 Å². The molecule has 10 heavy (non-hydrogen) atoms. The summed E-state index contributed by atoms with van der Waals surface area (Å²) in [6.07, 6.45) is 0. The SMILES string of the molecule is C=C(O)COCCN(C)C. The van der Waals surface area contributed by atoms with Crippen molar-refractivity contribution in [3.63, 3.8) is 0 Å². The number of nitrogens with zero attached hydrogens (tertiary/aromatic N) is 1. The van der Waals surface area contributed by atoms with Crippen molar-refractivity contribution in [1.29, 1.82) is 0 Å². The van der Waals surface area contributed by atoms with Gasteiger partial charge in [-0.1, -0.05) is 6.58 Å². The molecule has 0 heterocycles. The van der Waals surface area contributed by atoms with Crippen molar-refractivity contribution in [2.75, 3.05) is 33.9 Å². The summed E-state index contributed by atoms with van der Waals surface area (Å²) in [4.78, 5) is 2.01. The maximum absolute atomic E-state index is 8.58. The molecule has 0 rings (SSSR count). The number of likely N-dealkylation sites (N-methyl/N-ethyl adjacent to an activating group) is 1. The van der Waals surface area contributed by atoms with Gasteiger partial charge in [0, 0.05) is 6.54 Å². The zero-order valence-electron chi connectivity index (χ0n) is 6.63. The van der Waals surface area contributed by atoms with Gasteiger partial charge in [0.05, 0.1) is 6.61 Å². The molecule has 0 unspecified atom stereocenters. The lowest BCUT2D eigenvalue weighted by Crippen LogP contribution is -2.18. The summed E-state index contributed by atoms with van der Waals surface area (Å²) >= 11 is 0. The average molecular weight is 145 g/mol. The van der Waals surface area contributed by atoms with Gasteiger partial charge < -0.3 is 14.7 Å². The highest BCUT2D eigenvalue weighted by atomic mass is 16.5. The van der Waals surface area contributed by atoms with E-state index in [1.54, 1.807) is 0 Å². The Hall–Kier alpha value is -0.540. The lowest BCUT2D eigenvalue weighted by molar-refractivity contribution is 0.114. The fourth-order valence-electron chi connectivity index (χ4n) is 0.437. The minimum atomic E-state index is 0.0822. The molecule has 0 aromatic rings. The topological polar surface area (TPSA) is 32.7 Å². The molecular formula is C7H15NO2. The Balaban J connectivity index is 2.98. The van der Waals surface area contributed by atoms with E-state index in [1.807, 2.05) is 19.0 Å². The lowest BCUT2D eigenvalue weighted by atomic mass is 10.6. The molecule has 1 N–H and O–H groups in total. The summed E-state index contributed by atoms with van der Waals surface area (Å²) in [7, 11) is 3.94. The Morgan fingerprint density at radius 2 is 2.20 bits per heavy atom. The fraction of sp³-hybridized carbons (Fsp3) is 0.714. The zero-order valence-corrected chi connectivity index (χ0v) is 6.63. The second kappa shape index (κ2) is 5.26. The number of aliphatic hydroxyl groups is 1. The van der Waals surface area contributed by atoms with Crippen LogP contribution in [0.3, 0.4) is 0 Å². The second-order valence-corrected chi connectivity index (χ2v) is 2.42. The van der Waals surface area contributed by atoms with Gasteiger partial charge in [-0.3, -0.25) is 0 Å². The highest BCUT2D eigenvalue weighted by molar-refractivity contribution is 4.77. The van der Waals surface area contributed by atoms with E-state index >= 15 is 0 Å². The van der Waals surface area contributed by atoms with Crippen LogP contribution in [-0.2, 0) is 4.74 Å². The number of ether oxygens (including phenoxy) is 1. The van der Waals surface area contributed by atoms with Crippen LogP contribution in [0.1, 0.15) is 0 Å². The molecule has 0 amide bonds. The van der Waals surface area contributed by atoms with Crippen LogP contribution in [0.2, 0.25) is 0 Å². The van der Waals surface area contributed by atoms with E-state index < -0.39 is 0 Å². The molecule has 0 saturated heterocycles.